The second-order valence-corrected chi connectivity index (χ2v) is 8.46. The minimum Gasteiger partial charge on any atom is -0.494 e. The van der Waals surface area contributed by atoms with Crippen molar-refractivity contribution in [3.63, 3.8) is 0 Å². The molecular formula is C24H24N2O4S. The molecule has 0 saturated heterocycles. The van der Waals surface area contributed by atoms with Gasteiger partial charge in [0.25, 0.3) is 15.9 Å². The zero-order valence-electron chi connectivity index (χ0n) is 17.2. The Labute approximate surface area is 182 Å². The number of hydrogen-bond acceptors (Lipinski definition) is 4. The molecule has 0 aromatic heterocycles. The number of rotatable bonds is 9. The van der Waals surface area contributed by atoms with Gasteiger partial charge in [-0.15, -0.1) is 6.58 Å². The zero-order chi connectivity index (χ0) is 22.3. The first-order valence-corrected chi connectivity index (χ1v) is 11.2. The fraction of sp³-hybridized carbons (Fsp3) is 0.125. The van der Waals surface area contributed by atoms with Gasteiger partial charge in [0, 0.05) is 11.3 Å². The fourth-order valence-corrected chi connectivity index (χ4v) is 4.47. The maximum absolute atomic E-state index is 13.3. The average Bonchev–Trinajstić information content (AvgIpc) is 2.79. The van der Waals surface area contributed by atoms with Crippen LogP contribution in [0.25, 0.3) is 0 Å². The Balaban J connectivity index is 1.85. The van der Waals surface area contributed by atoms with Crippen LogP contribution in [0, 0.1) is 0 Å². The highest BCUT2D eigenvalue weighted by molar-refractivity contribution is 7.92. The maximum atomic E-state index is 13.3. The van der Waals surface area contributed by atoms with Crippen LogP contribution in [0.4, 0.5) is 11.4 Å². The van der Waals surface area contributed by atoms with Gasteiger partial charge in [0.15, 0.2) is 0 Å². The van der Waals surface area contributed by atoms with Crippen molar-refractivity contribution in [1.82, 2.24) is 0 Å². The van der Waals surface area contributed by atoms with Crippen molar-refractivity contribution in [2.24, 2.45) is 0 Å². The highest BCUT2D eigenvalue weighted by Gasteiger charge is 2.24. The summed E-state index contributed by atoms with van der Waals surface area (Å²) in [6.45, 7) is 6.22. The minimum absolute atomic E-state index is 0.0255. The van der Waals surface area contributed by atoms with E-state index in [-0.39, 0.29) is 17.0 Å². The monoisotopic (exact) mass is 436 g/mol. The summed E-state index contributed by atoms with van der Waals surface area (Å²) < 4.78 is 33.2. The molecule has 0 aliphatic carbocycles. The lowest BCUT2D eigenvalue weighted by molar-refractivity contribution is 0.102. The van der Waals surface area contributed by atoms with Gasteiger partial charge in [-0.3, -0.25) is 9.10 Å². The Morgan fingerprint density at radius 1 is 1.03 bits per heavy atom. The van der Waals surface area contributed by atoms with Gasteiger partial charge in [-0.05, 0) is 61.5 Å². The van der Waals surface area contributed by atoms with Crippen molar-refractivity contribution in [2.45, 2.75) is 11.8 Å². The molecule has 0 unspecified atom stereocenters. The quantitative estimate of drug-likeness (QED) is 0.493. The van der Waals surface area contributed by atoms with Crippen molar-refractivity contribution < 1.29 is 17.9 Å². The van der Waals surface area contributed by atoms with Gasteiger partial charge < -0.3 is 10.1 Å². The topological polar surface area (TPSA) is 75.7 Å². The summed E-state index contributed by atoms with van der Waals surface area (Å²) in [5, 5.41) is 2.77. The Morgan fingerprint density at radius 3 is 2.39 bits per heavy atom. The lowest BCUT2D eigenvalue weighted by atomic mass is 10.2. The molecule has 0 atom stereocenters. The molecule has 31 heavy (non-hydrogen) atoms. The molecule has 0 aliphatic rings. The van der Waals surface area contributed by atoms with Gasteiger partial charge in [0.1, 0.15) is 5.75 Å². The third-order valence-electron chi connectivity index (χ3n) is 4.45. The van der Waals surface area contributed by atoms with E-state index >= 15 is 0 Å². The Kier molecular flexibility index (Phi) is 7.10. The van der Waals surface area contributed by atoms with Crippen molar-refractivity contribution in [1.29, 1.82) is 0 Å². The van der Waals surface area contributed by atoms with E-state index in [9.17, 15) is 13.2 Å². The number of carbonyl (C=O) groups is 1. The number of carbonyl (C=O) groups excluding carboxylic acids is 1. The Hall–Kier alpha value is -3.58. The summed E-state index contributed by atoms with van der Waals surface area (Å²) in [4.78, 5) is 12.7. The molecule has 3 aromatic rings. The van der Waals surface area contributed by atoms with Crippen molar-refractivity contribution in [3.05, 3.63) is 97.1 Å². The summed E-state index contributed by atoms with van der Waals surface area (Å²) in [7, 11) is -3.89. The number of hydrogen-bond donors (Lipinski definition) is 1. The molecular weight excluding hydrogens is 412 g/mol. The van der Waals surface area contributed by atoms with E-state index in [4.69, 9.17) is 4.74 Å². The van der Waals surface area contributed by atoms with Crippen molar-refractivity contribution >= 4 is 27.3 Å². The predicted molar refractivity (Wildman–Crippen MR) is 123 cm³/mol. The molecule has 160 valence electrons. The van der Waals surface area contributed by atoms with E-state index in [1.807, 2.05) is 13.0 Å². The van der Waals surface area contributed by atoms with Crippen LogP contribution in [0.1, 0.15) is 17.3 Å². The van der Waals surface area contributed by atoms with E-state index in [0.29, 0.717) is 23.7 Å². The fourth-order valence-electron chi connectivity index (χ4n) is 2.98. The summed E-state index contributed by atoms with van der Waals surface area (Å²) in [6.07, 6.45) is 1.52. The smallest absolute Gasteiger partial charge is 0.264 e. The molecule has 0 aliphatic heterocycles. The second-order valence-electron chi connectivity index (χ2n) is 6.60. The van der Waals surface area contributed by atoms with Crippen LogP contribution in [0.5, 0.6) is 5.75 Å². The first-order valence-electron chi connectivity index (χ1n) is 9.78. The van der Waals surface area contributed by atoms with Gasteiger partial charge in [0.05, 0.1) is 23.7 Å². The predicted octanol–water partition coefficient (Wildman–Crippen LogP) is 4.72. The number of sulfonamides is 1. The molecule has 0 spiro atoms. The van der Waals surface area contributed by atoms with Crippen LogP contribution < -0.4 is 14.4 Å². The number of amides is 1. The third kappa shape index (κ3) is 5.32. The third-order valence-corrected chi connectivity index (χ3v) is 6.24. The standard InChI is InChI=1S/C24H24N2O4S/c1-3-17-26(21-10-6-5-7-11-21)31(28,29)23-12-8-9-19(18-23)24(27)25-20-13-15-22(16-14-20)30-4-2/h3,5-16,18H,1,4,17H2,2H3,(H,25,27). The molecule has 0 heterocycles. The summed E-state index contributed by atoms with van der Waals surface area (Å²) >= 11 is 0. The van der Waals surface area contributed by atoms with E-state index in [0.717, 1.165) is 0 Å². The van der Waals surface area contributed by atoms with Gasteiger partial charge in [-0.25, -0.2) is 8.42 Å². The molecule has 1 N–H and O–H groups in total. The molecule has 0 bridgehead atoms. The second kappa shape index (κ2) is 9.95. The lowest BCUT2D eigenvalue weighted by Gasteiger charge is -2.23. The van der Waals surface area contributed by atoms with Gasteiger partial charge in [-0.2, -0.15) is 0 Å². The normalized spacial score (nSPS) is 10.9. The van der Waals surface area contributed by atoms with Crippen LogP contribution in [-0.4, -0.2) is 27.5 Å². The lowest BCUT2D eigenvalue weighted by Crippen LogP contribution is -2.31. The Morgan fingerprint density at radius 2 is 1.74 bits per heavy atom. The van der Waals surface area contributed by atoms with Gasteiger partial charge in [-0.1, -0.05) is 30.3 Å². The number of nitrogens with zero attached hydrogens (tertiary/aromatic N) is 1. The molecule has 6 nitrogen and oxygen atoms in total. The highest BCUT2D eigenvalue weighted by atomic mass is 32.2. The van der Waals surface area contributed by atoms with Gasteiger partial charge in [0.2, 0.25) is 0 Å². The molecule has 3 aromatic carbocycles. The van der Waals surface area contributed by atoms with Crippen molar-refractivity contribution in [2.75, 3.05) is 22.8 Å². The van der Waals surface area contributed by atoms with Crippen molar-refractivity contribution in [3.8, 4) is 5.75 Å². The van der Waals surface area contributed by atoms with Crippen LogP contribution in [0.2, 0.25) is 0 Å². The van der Waals surface area contributed by atoms with Gasteiger partial charge >= 0.3 is 0 Å². The van der Waals surface area contributed by atoms with Crippen LogP contribution in [0.15, 0.2) is 96.4 Å². The number of benzene rings is 3. The van der Waals surface area contributed by atoms with E-state index in [1.165, 1.54) is 22.5 Å². The largest absolute Gasteiger partial charge is 0.494 e. The first-order chi connectivity index (χ1) is 15.0. The summed E-state index contributed by atoms with van der Waals surface area (Å²) in [5.74, 6) is 0.299. The maximum Gasteiger partial charge on any atom is 0.264 e. The SMILES string of the molecule is C=CCN(c1ccccc1)S(=O)(=O)c1cccc(C(=O)Nc2ccc(OCC)cc2)c1. The van der Waals surface area contributed by atoms with E-state index in [2.05, 4.69) is 11.9 Å². The number of para-hydroxylation sites is 1. The molecule has 1 amide bonds. The number of nitrogens with one attached hydrogen (secondary N) is 1. The molecule has 0 radical (unpaired) electrons. The van der Waals surface area contributed by atoms with E-state index in [1.54, 1.807) is 60.7 Å². The van der Waals surface area contributed by atoms with Crippen LogP contribution >= 0.6 is 0 Å². The molecule has 0 saturated carbocycles. The summed E-state index contributed by atoms with van der Waals surface area (Å²) in [5.41, 5.74) is 1.34. The van der Waals surface area contributed by atoms with Crippen LogP contribution in [-0.2, 0) is 10.0 Å². The molecule has 7 heteroatoms. The molecule has 0 fully saturated rings. The zero-order valence-corrected chi connectivity index (χ0v) is 18.0. The minimum atomic E-state index is -3.89. The summed E-state index contributed by atoms with van der Waals surface area (Å²) in [6, 6.07) is 21.7. The Bertz CT molecular complexity index is 1140. The molecule has 3 rings (SSSR count). The highest BCUT2D eigenvalue weighted by Crippen LogP contribution is 2.24. The average molecular weight is 437 g/mol. The number of anilines is 2. The number of ether oxygens (including phenoxy) is 1. The first kappa shape index (κ1) is 22.1. The van der Waals surface area contributed by atoms with E-state index < -0.39 is 15.9 Å². The van der Waals surface area contributed by atoms with Crippen LogP contribution in [0.3, 0.4) is 0 Å².